The molecule has 1 atom stereocenters. The zero-order chi connectivity index (χ0) is 13.2. The summed E-state index contributed by atoms with van der Waals surface area (Å²) in [6.07, 6.45) is 1.03. The molecule has 0 aromatic heterocycles. The minimum atomic E-state index is -3.17. The predicted molar refractivity (Wildman–Crippen MR) is 75.2 cm³/mol. The molecule has 0 radical (unpaired) electrons. The van der Waals surface area contributed by atoms with E-state index in [1.54, 1.807) is 19.1 Å². The third-order valence-corrected chi connectivity index (χ3v) is 5.64. The first kappa shape index (κ1) is 13.7. The number of hydrogen-bond acceptors (Lipinski definition) is 3. The Morgan fingerprint density at radius 2 is 2.11 bits per heavy atom. The largest absolute Gasteiger partial charge is 0.370 e. The van der Waals surface area contributed by atoms with Gasteiger partial charge in [0.15, 0.2) is 9.84 Å². The molecule has 1 aliphatic heterocycles. The Labute approximate surface area is 114 Å². The SMILES string of the molecule is CCS(=O)(=O)c1ccccc1N1CCC(CCl)C1. The molecule has 3 nitrogen and oxygen atoms in total. The lowest BCUT2D eigenvalue weighted by atomic mass is 10.2. The minimum absolute atomic E-state index is 0.136. The second kappa shape index (κ2) is 5.49. The average molecular weight is 288 g/mol. The Bertz CT molecular complexity index is 515. The van der Waals surface area contributed by atoms with Crippen LogP contribution in [0.2, 0.25) is 0 Å². The van der Waals surface area contributed by atoms with Gasteiger partial charge in [-0.25, -0.2) is 8.42 Å². The highest BCUT2D eigenvalue weighted by atomic mass is 35.5. The summed E-state index contributed by atoms with van der Waals surface area (Å²) in [5.41, 5.74) is 0.826. The second-order valence-electron chi connectivity index (χ2n) is 4.63. The van der Waals surface area contributed by atoms with Gasteiger partial charge in [-0.2, -0.15) is 0 Å². The van der Waals surface area contributed by atoms with Crippen molar-refractivity contribution in [2.24, 2.45) is 5.92 Å². The van der Waals surface area contributed by atoms with E-state index in [9.17, 15) is 8.42 Å². The first-order chi connectivity index (χ1) is 8.58. The van der Waals surface area contributed by atoms with Gasteiger partial charge in [0.2, 0.25) is 0 Å². The van der Waals surface area contributed by atoms with Crippen LogP contribution in [0.1, 0.15) is 13.3 Å². The molecule has 0 amide bonds. The molecule has 1 heterocycles. The van der Waals surface area contributed by atoms with Gasteiger partial charge in [-0.15, -0.1) is 11.6 Å². The summed E-state index contributed by atoms with van der Waals surface area (Å²) in [6.45, 7) is 3.41. The molecule has 1 aromatic rings. The highest BCUT2D eigenvalue weighted by Crippen LogP contribution is 2.30. The number of rotatable bonds is 4. The molecule has 1 saturated heterocycles. The van der Waals surface area contributed by atoms with Gasteiger partial charge in [0, 0.05) is 19.0 Å². The molecule has 0 saturated carbocycles. The van der Waals surface area contributed by atoms with E-state index < -0.39 is 9.84 Å². The van der Waals surface area contributed by atoms with Gasteiger partial charge in [-0.05, 0) is 24.5 Å². The number of alkyl halides is 1. The van der Waals surface area contributed by atoms with Crippen molar-refractivity contribution in [2.45, 2.75) is 18.2 Å². The fourth-order valence-corrected chi connectivity index (χ4v) is 3.68. The van der Waals surface area contributed by atoms with Crippen LogP contribution in [-0.2, 0) is 9.84 Å². The summed E-state index contributed by atoms with van der Waals surface area (Å²) in [4.78, 5) is 2.58. The van der Waals surface area contributed by atoms with Crippen LogP contribution in [0.3, 0.4) is 0 Å². The van der Waals surface area contributed by atoms with Gasteiger partial charge in [0.25, 0.3) is 0 Å². The van der Waals surface area contributed by atoms with Gasteiger partial charge in [-0.3, -0.25) is 0 Å². The molecule has 1 unspecified atom stereocenters. The van der Waals surface area contributed by atoms with Crippen LogP contribution in [-0.4, -0.2) is 33.1 Å². The molecule has 2 rings (SSSR count). The monoisotopic (exact) mass is 287 g/mol. The Hall–Kier alpha value is -0.740. The number of para-hydroxylation sites is 1. The second-order valence-corrected chi connectivity index (χ2v) is 7.18. The summed E-state index contributed by atoms with van der Waals surface area (Å²) < 4.78 is 24.2. The fourth-order valence-electron chi connectivity index (χ4n) is 2.31. The maximum atomic E-state index is 12.1. The molecule has 0 spiro atoms. The van der Waals surface area contributed by atoms with Crippen LogP contribution in [0.25, 0.3) is 0 Å². The normalized spacial score (nSPS) is 20.3. The zero-order valence-corrected chi connectivity index (χ0v) is 12.0. The van der Waals surface area contributed by atoms with Gasteiger partial charge in [0.1, 0.15) is 0 Å². The number of sulfone groups is 1. The van der Waals surface area contributed by atoms with Gasteiger partial charge >= 0.3 is 0 Å². The predicted octanol–water partition coefficient (Wildman–Crippen LogP) is 2.55. The molecule has 0 N–H and O–H groups in total. The zero-order valence-electron chi connectivity index (χ0n) is 10.5. The lowest BCUT2D eigenvalue weighted by Gasteiger charge is -2.21. The number of halogens is 1. The Morgan fingerprint density at radius 3 is 2.72 bits per heavy atom. The molecule has 1 aromatic carbocycles. The van der Waals surface area contributed by atoms with Crippen LogP contribution < -0.4 is 4.90 Å². The van der Waals surface area contributed by atoms with Crippen LogP contribution in [0, 0.1) is 5.92 Å². The van der Waals surface area contributed by atoms with Crippen molar-refractivity contribution in [3.05, 3.63) is 24.3 Å². The quantitative estimate of drug-likeness (QED) is 0.799. The van der Waals surface area contributed by atoms with E-state index in [2.05, 4.69) is 4.90 Å². The summed E-state index contributed by atoms with van der Waals surface area (Å²) in [5.74, 6) is 1.24. The van der Waals surface area contributed by atoms with Crippen LogP contribution in [0.5, 0.6) is 0 Å². The van der Waals surface area contributed by atoms with Gasteiger partial charge < -0.3 is 4.90 Å². The molecule has 1 aliphatic rings. The smallest absolute Gasteiger partial charge is 0.180 e. The molecule has 100 valence electrons. The Morgan fingerprint density at radius 1 is 1.39 bits per heavy atom. The molecule has 0 bridgehead atoms. The van der Waals surface area contributed by atoms with Crippen LogP contribution in [0.15, 0.2) is 29.2 Å². The number of nitrogens with zero attached hydrogens (tertiary/aromatic N) is 1. The number of hydrogen-bond donors (Lipinski definition) is 0. The van der Waals surface area contributed by atoms with Crippen LogP contribution in [0.4, 0.5) is 5.69 Å². The molecular formula is C13H18ClNO2S. The van der Waals surface area contributed by atoms with Gasteiger partial charge in [0.05, 0.1) is 16.3 Å². The van der Waals surface area contributed by atoms with Crippen molar-refractivity contribution in [3.8, 4) is 0 Å². The van der Waals surface area contributed by atoms with E-state index in [4.69, 9.17) is 11.6 Å². The van der Waals surface area contributed by atoms with Crippen molar-refractivity contribution in [1.82, 2.24) is 0 Å². The Balaban J connectivity index is 2.35. The maximum absolute atomic E-state index is 12.1. The van der Waals surface area contributed by atoms with E-state index in [1.807, 2.05) is 12.1 Å². The van der Waals surface area contributed by atoms with Crippen molar-refractivity contribution in [2.75, 3.05) is 29.6 Å². The molecule has 0 aliphatic carbocycles. The maximum Gasteiger partial charge on any atom is 0.180 e. The van der Waals surface area contributed by atoms with Gasteiger partial charge in [-0.1, -0.05) is 19.1 Å². The number of benzene rings is 1. The van der Waals surface area contributed by atoms with Crippen molar-refractivity contribution >= 4 is 27.1 Å². The standard InChI is InChI=1S/C13H18ClNO2S/c1-2-18(16,17)13-6-4-3-5-12(13)15-8-7-11(9-14)10-15/h3-6,11H,2,7-10H2,1H3. The molecule has 1 fully saturated rings. The lowest BCUT2D eigenvalue weighted by molar-refractivity contribution is 0.597. The molecular weight excluding hydrogens is 270 g/mol. The minimum Gasteiger partial charge on any atom is -0.370 e. The summed E-state index contributed by atoms with van der Waals surface area (Å²) in [6, 6.07) is 7.25. The first-order valence-corrected chi connectivity index (χ1v) is 8.40. The fraction of sp³-hybridized carbons (Fsp3) is 0.538. The number of anilines is 1. The van der Waals surface area contributed by atoms with Crippen LogP contribution >= 0.6 is 11.6 Å². The summed E-state index contributed by atoms with van der Waals surface area (Å²) in [7, 11) is -3.17. The summed E-state index contributed by atoms with van der Waals surface area (Å²) >= 11 is 5.87. The van der Waals surface area contributed by atoms with E-state index in [-0.39, 0.29) is 5.75 Å². The average Bonchev–Trinajstić information content (AvgIpc) is 2.87. The van der Waals surface area contributed by atoms with E-state index in [1.165, 1.54) is 0 Å². The van der Waals surface area contributed by atoms with E-state index in [0.717, 1.165) is 25.2 Å². The highest BCUT2D eigenvalue weighted by Gasteiger charge is 2.26. The first-order valence-electron chi connectivity index (χ1n) is 6.21. The third-order valence-electron chi connectivity index (χ3n) is 3.43. The summed E-state index contributed by atoms with van der Waals surface area (Å²) in [5, 5.41) is 0. The topological polar surface area (TPSA) is 37.4 Å². The van der Waals surface area contributed by atoms with Crippen molar-refractivity contribution in [1.29, 1.82) is 0 Å². The van der Waals surface area contributed by atoms with E-state index >= 15 is 0 Å². The Kier molecular flexibility index (Phi) is 4.17. The third kappa shape index (κ3) is 2.64. The molecule has 18 heavy (non-hydrogen) atoms. The lowest BCUT2D eigenvalue weighted by Crippen LogP contribution is -2.22. The van der Waals surface area contributed by atoms with Crippen molar-refractivity contribution < 1.29 is 8.42 Å². The highest BCUT2D eigenvalue weighted by molar-refractivity contribution is 7.91. The van der Waals surface area contributed by atoms with E-state index in [0.29, 0.717) is 16.7 Å². The van der Waals surface area contributed by atoms with Crippen molar-refractivity contribution in [3.63, 3.8) is 0 Å². The molecule has 5 heteroatoms.